The monoisotopic (exact) mass is 238 g/mol. The SMILES string of the molecule is N[C@@H](c1cc(F)cc(F)c1)c1ncccc1F. The van der Waals surface area contributed by atoms with E-state index in [0.717, 1.165) is 18.2 Å². The number of nitrogens with two attached hydrogens (primary N) is 1. The Morgan fingerprint density at radius 3 is 2.29 bits per heavy atom. The zero-order valence-corrected chi connectivity index (χ0v) is 8.70. The summed E-state index contributed by atoms with van der Waals surface area (Å²) in [6.45, 7) is 0. The van der Waals surface area contributed by atoms with Crippen molar-refractivity contribution in [3.05, 3.63) is 65.2 Å². The van der Waals surface area contributed by atoms with Gasteiger partial charge in [0.15, 0.2) is 0 Å². The summed E-state index contributed by atoms with van der Waals surface area (Å²) >= 11 is 0. The normalized spacial score (nSPS) is 12.5. The summed E-state index contributed by atoms with van der Waals surface area (Å²) in [4.78, 5) is 3.77. The summed E-state index contributed by atoms with van der Waals surface area (Å²) in [5.74, 6) is -2.12. The maximum absolute atomic E-state index is 13.4. The van der Waals surface area contributed by atoms with Crippen LogP contribution in [0.25, 0.3) is 0 Å². The molecule has 0 amide bonds. The van der Waals surface area contributed by atoms with Gasteiger partial charge in [0.2, 0.25) is 0 Å². The Hall–Kier alpha value is -1.88. The molecule has 17 heavy (non-hydrogen) atoms. The maximum atomic E-state index is 13.4. The number of hydrogen-bond donors (Lipinski definition) is 1. The van der Waals surface area contributed by atoms with E-state index in [1.54, 1.807) is 0 Å². The molecular weight excluding hydrogens is 229 g/mol. The third-order valence-electron chi connectivity index (χ3n) is 2.33. The third kappa shape index (κ3) is 2.45. The standard InChI is InChI=1S/C12H9F3N2/c13-8-4-7(5-9(14)6-8)11(16)12-10(15)2-1-3-17-12/h1-6,11H,16H2/t11-/m0/s1. The number of halogens is 3. The van der Waals surface area contributed by atoms with Gasteiger partial charge in [-0.25, -0.2) is 13.2 Å². The van der Waals surface area contributed by atoms with E-state index in [1.807, 2.05) is 0 Å². The van der Waals surface area contributed by atoms with Crippen LogP contribution in [-0.4, -0.2) is 4.98 Å². The molecule has 0 aliphatic rings. The number of benzene rings is 1. The zero-order valence-electron chi connectivity index (χ0n) is 8.70. The molecule has 2 nitrogen and oxygen atoms in total. The molecule has 1 atom stereocenters. The Labute approximate surface area is 95.9 Å². The van der Waals surface area contributed by atoms with Gasteiger partial charge in [-0.05, 0) is 29.8 Å². The van der Waals surface area contributed by atoms with Gasteiger partial charge in [0, 0.05) is 12.3 Å². The highest BCUT2D eigenvalue weighted by molar-refractivity contribution is 5.28. The molecule has 0 spiro atoms. The molecule has 1 aromatic heterocycles. The molecule has 0 unspecified atom stereocenters. The lowest BCUT2D eigenvalue weighted by molar-refractivity contribution is 0.566. The van der Waals surface area contributed by atoms with Crippen molar-refractivity contribution in [3.8, 4) is 0 Å². The first-order valence-corrected chi connectivity index (χ1v) is 4.90. The topological polar surface area (TPSA) is 38.9 Å². The van der Waals surface area contributed by atoms with E-state index in [2.05, 4.69) is 4.98 Å². The highest BCUT2D eigenvalue weighted by Crippen LogP contribution is 2.21. The third-order valence-corrected chi connectivity index (χ3v) is 2.33. The van der Waals surface area contributed by atoms with Crippen LogP contribution >= 0.6 is 0 Å². The summed E-state index contributed by atoms with van der Waals surface area (Å²) in [6.07, 6.45) is 1.37. The minimum absolute atomic E-state index is 0.0440. The Balaban J connectivity index is 2.43. The lowest BCUT2D eigenvalue weighted by Gasteiger charge is -2.12. The van der Waals surface area contributed by atoms with E-state index < -0.39 is 23.5 Å². The van der Waals surface area contributed by atoms with Gasteiger partial charge in [-0.3, -0.25) is 4.98 Å². The number of pyridine rings is 1. The second-order valence-corrected chi connectivity index (χ2v) is 3.55. The van der Waals surface area contributed by atoms with Crippen molar-refractivity contribution in [2.45, 2.75) is 6.04 Å². The van der Waals surface area contributed by atoms with Gasteiger partial charge in [0.05, 0.1) is 11.7 Å². The largest absolute Gasteiger partial charge is 0.319 e. The molecule has 0 fully saturated rings. The summed E-state index contributed by atoms with van der Waals surface area (Å²) in [5.41, 5.74) is 5.81. The fourth-order valence-corrected chi connectivity index (χ4v) is 1.54. The summed E-state index contributed by atoms with van der Waals surface area (Å²) in [6, 6.07) is 4.45. The van der Waals surface area contributed by atoms with Gasteiger partial charge in [-0.15, -0.1) is 0 Å². The highest BCUT2D eigenvalue weighted by Gasteiger charge is 2.16. The summed E-state index contributed by atoms with van der Waals surface area (Å²) in [7, 11) is 0. The number of nitrogens with zero attached hydrogens (tertiary/aromatic N) is 1. The molecule has 0 bridgehead atoms. The van der Waals surface area contributed by atoms with Crippen molar-refractivity contribution in [2.24, 2.45) is 5.73 Å². The Bertz CT molecular complexity index is 523. The van der Waals surface area contributed by atoms with Crippen LogP contribution in [0.1, 0.15) is 17.3 Å². The minimum atomic E-state index is -0.999. The van der Waals surface area contributed by atoms with Crippen LogP contribution in [0.4, 0.5) is 13.2 Å². The van der Waals surface area contributed by atoms with Gasteiger partial charge in [0.1, 0.15) is 17.5 Å². The van der Waals surface area contributed by atoms with Crippen LogP contribution < -0.4 is 5.73 Å². The molecule has 88 valence electrons. The molecule has 1 heterocycles. The number of aromatic nitrogens is 1. The molecule has 1 aromatic carbocycles. The van der Waals surface area contributed by atoms with Crippen LogP contribution in [0.2, 0.25) is 0 Å². The van der Waals surface area contributed by atoms with E-state index in [4.69, 9.17) is 5.73 Å². The first-order chi connectivity index (χ1) is 8.08. The number of hydrogen-bond acceptors (Lipinski definition) is 2. The molecule has 0 radical (unpaired) electrons. The van der Waals surface area contributed by atoms with Crippen molar-refractivity contribution >= 4 is 0 Å². The predicted octanol–water partition coefficient (Wildman–Crippen LogP) is 2.55. The van der Waals surface area contributed by atoms with E-state index in [9.17, 15) is 13.2 Å². The van der Waals surface area contributed by atoms with Crippen LogP contribution in [0.3, 0.4) is 0 Å². The molecule has 2 rings (SSSR count). The highest BCUT2D eigenvalue weighted by atomic mass is 19.1. The molecule has 5 heteroatoms. The van der Waals surface area contributed by atoms with Gasteiger partial charge >= 0.3 is 0 Å². The minimum Gasteiger partial charge on any atom is -0.319 e. The molecular formula is C12H9F3N2. The smallest absolute Gasteiger partial charge is 0.146 e. The van der Waals surface area contributed by atoms with Crippen LogP contribution in [0.15, 0.2) is 36.5 Å². The van der Waals surface area contributed by atoms with Crippen molar-refractivity contribution in [3.63, 3.8) is 0 Å². The molecule has 0 aliphatic heterocycles. The fraction of sp³-hybridized carbons (Fsp3) is 0.0833. The average molecular weight is 238 g/mol. The summed E-state index contributed by atoms with van der Waals surface area (Å²) in [5, 5.41) is 0. The van der Waals surface area contributed by atoms with Gasteiger partial charge < -0.3 is 5.73 Å². The van der Waals surface area contributed by atoms with Crippen molar-refractivity contribution in [2.75, 3.05) is 0 Å². The van der Waals surface area contributed by atoms with Crippen LogP contribution in [0.5, 0.6) is 0 Å². The van der Waals surface area contributed by atoms with Crippen molar-refractivity contribution < 1.29 is 13.2 Å². The fourth-order valence-electron chi connectivity index (χ4n) is 1.54. The second kappa shape index (κ2) is 4.55. The zero-order chi connectivity index (χ0) is 12.4. The van der Waals surface area contributed by atoms with E-state index in [0.29, 0.717) is 0 Å². The molecule has 2 aromatic rings. The van der Waals surface area contributed by atoms with Gasteiger partial charge in [-0.1, -0.05) is 0 Å². The maximum Gasteiger partial charge on any atom is 0.146 e. The van der Waals surface area contributed by atoms with Gasteiger partial charge in [-0.2, -0.15) is 0 Å². The molecule has 2 N–H and O–H groups in total. The molecule has 0 aliphatic carbocycles. The van der Waals surface area contributed by atoms with E-state index in [1.165, 1.54) is 18.3 Å². The van der Waals surface area contributed by atoms with Crippen LogP contribution in [-0.2, 0) is 0 Å². The van der Waals surface area contributed by atoms with E-state index >= 15 is 0 Å². The second-order valence-electron chi connectivity index (χ2n) is 3.55. The summed E-state index contributed by atoms with van der Waals surface area (Å²) < 4.78 is 39.4. The van der Waals surface area contributed by atoms with Crippen molar-refractivity contribution in [1.82, 2.24) is 4.98 Å². The Morgan fingerprint density at radius 2 is 1.71 bits per heavy atom. The lowest BCUT2D eigenvalue weighted by Crippen LogP contribution is -2.15. The number of rotatable bonds is 2. The van der Waals surface area contributed by atoms with Crippen LogP contribution in [0, 0.1) is 17.5 Å². The Morgan fingerprint density at radius 1 is 1.06 bits per heavy atom. The average Bonchev–Trinajstić information content (AvgIpc) is 2.27. The quantitative estimate of drug-likeness (QED) is 0.873. The van der Waals surface area contributed by atoms with Gasteiger partial charge in [0.25, 0.3) is 0 Å². The lowest BCUT2D eigenvalue weighted by atomic mass is 10.0. The molecule has 0 saturated carbocycles. The molecule has 0 saturated heterocycles. The first-order valence-electron chi connectivity index (χ1n) is 4.90. The first kappa shape index (κ1) is 11.6. The Kier molecular flexibility index (Phi) is 3.10. The van der Waals surface area contributed by atoms with E-state index in [-0.39, 0.29) is 11.3 Å². The predicted molar refractivity (Wildman–Crippen MR) is 56.6 cm³/mol. The van der Waals surface area contributed by atoms with Crippen molar-refractivity contribution in [1.29, 1.82) is 0 Å².